The van der Waals surface area contributed by atoms with Gasteiger partial charge in [0.2, 0.25) is 0 Å². The van der Waals surface area contributed by atoms with E-state index in [1.54, 1.807) is 0 Å². The van der Waals surface area contributed by atoms with Gasteiger partial charge in [-0.1, -0.05) is 189 Å². The maximum atomic E-state index is 6.76. The van der Waals surface area contributed by atoms with Gasteiger partial charge in [0.15, 0.2) is 0 Å². The van der Waals surface area contributed by atoms with Crippen molar-refractivity contribution in [2.75, 3.05) is 9.80 Å². The van der Waals surface area contributed by atoms with Crippen LogP contribution in [0.5, 0.6) is 11.5 Å². The topological polar surface area (TPSA) is 33.5 Å². The molecule has 0 unspecified atom stereocenters. The monoisotopic (exact) mass is 1130 g/mol. The van der Waals surface area contributed by atoms with E-state index in [1.165, 1.54) is 38.9 Å². The molecular weight excluding hydrogens is 1070 g/mol. The summed E-state index contributed by atoms with van der Waals surface area (Å²) in [5.41, 5.74) is 13.9. The summed E-state index contributed by atoms with van der Waals surface area (Å²) in [6.45, 7) is 22.9. The number of aromatic nitrogens is 2. The minimum absolute atomic E-state index is 0. The number of para-hydroxylation sites is 1. The molecule has 73 heavy (non-hydrogen) atoms. The second-order valence-corrected chi connectivity index (χ2v) is 21.9. The Balaban J connectivity index is 0.00000611. The predicted molar refractivity (Wildman–Crippen MR) is 299 cm³/mol. The molecule has 11 rings (SSSR count). The molecule has 0 bridgehead atoms. The minimum Gasteiger partial charge on any atom is -0.509 e. The Morgan fingerprint density at radius 1 is 0.438 bits per heavy atom. The Labute approximate surface area is 446 Å². The smallest absolute Gasteiger partial charge is 0.135 e. The van der Waals surface area contributed by atoms with E-state index in [-0.39, 0.29) is 42.7 Å². The van der Waals surface area contributed by atoms with Gasteiger partial charge in [0.05, 0.1) is 0 Å². The molecule has 0 N–H and O–H groups in total. The Morgan fingerprint density at radius 2 is 1.01 bits per heavy atom. The van der Waals surface area contributed by atoms with Crippen LogP contribution in [0.2, 0.25) is 0 Å². The summed E-state index contributed by atoms with van der Waals surface area (Å²) in [4.78, 5) is 9.51. The van der Waals surface area contributed by atoms with Crippen LogP contribution in [0, 0.1) is 18.8 Å². The van der Waals surface area contributed by atoms with Crippen molar-refractivity contribution in [3.63, 3.8) is 0 Å². The normalized spacial score (nSPS) is 13.1. The van der Waals surface area contributed by atoms with Crippen LogP contribution in [-0.4, -0.2) is 9.55 Å². The largest absolute Gasteiger partial charge is 0.509 e. The molecule has 0 radical (unpaired) electrons. The summed E-state index contributed by atoms with van der Waals surface area (Å²) in [6, 6.07) is 77.1. The molecule has 8 aromatic carbocycles. The van der Waals surface area contributed by atoms with Gasteiger partial charge in [-0.05, 0) is 92.2 Å². The third kappa shape index (κ3) is 9.08. The molecule has 0 fully saturated rings. The summed E-state index contributed by atoms with van der Waals surface area (Å²) in [6.07, 6.45) is 1.91. The van der Waals surface area contributed by atoms with Crippen molar-refractivity contribution in [3.8, 4) is 17.3 Å². The zero-order valence-corrected chi connectivity index (χ0v) is 45.4. The molecule has 1 aliphatic rings. The van der Waals surface area contributed by atoms with Gasteiger partial charge in [-0.3, -0.25) is 0 Å². The van der Waals surface area contributed by atoms with Gasteiger partial charge in [-0.15, -0.1) is 48.1 Å². The molecule has 0 saturated heterocycles. The van der Waals surface area contributed by atoms with E-state index in [0.29, 0.717) is 11.5 Å². The predicted octanol–water partition coefficient (Wildman–Crippen LogP) is 17.3. The first kappa shape index (κ1) is 49.4. The van der Waals surface area contributed by atoms with Gasteiger partial charge in [0, 0.05) is 77.6 Å². The Bertz CT molecular complexity index is 3540. The molecule has 10 aromatic rings. The number of ether oxygens (including phenoxy) is 1. The Morgan fingerprint density at radius 3 is 1.63 bits per heavy atom. The van der Waals surface area contributed by atoms with Gasteiger partial charge in [0.1, 0.15) is 5.82 Å². The zero-order chi connectivity index (χ0) is 50.0. The van der Waals surface area contributed by atoms with E-state index in [1.807, 2.05) is 24.4 Å². The average Bonchev–Trinajstić information content (AvgIpc) is 3.95. The quantitative estimate of drug-likeness (QED) is 0.121. The molecule has 1 aliphatic heterocycles. The minimum atomic E-state index is -0.293. The zero-order valence-electron chi connectivity index (χ0n) is 43.1. The Kier molecular flexibility index (Phi) is 12.9. The molecule has 368 valence electrons. The van der Waals surface area contributed by atoms with Crippen LogP contribution in [0.25, 0.3) is 27.6 Å². The van der Waals surface area contributed by atoms with Crippen LogP contribution in [-0.2, 0) is 42.7 Å². The first-order valence-corrected chi connectivity index (χ1v) is 25.1. The van der Waals surface area contributed by atoms with Crippen LogP contribution in [0.4, 0.5) is 22.7 Å². The SMILES string of the molecule is CC(C)(C)c1ccnc(-n2c3[c-]c(Oc4[c-]c(N5[CH-]N(c6cc(C(C)(C)c7ccccc7)cc(C(C)(C)c7ccccc7)c6)c6cc(C(C)(C)c7ccccc7)ccc65)ccc4)ccc3c3ccccc32)c1.[Pt]. The van der Waals surface area contributed by atoms with Crippen molar-refractivity contribution in [2.24, 2.45) is 0 Å². The van der Waals surface area contributed by atoms with Crippen LogP contribution >= 0.6 is 0 Å². The number of hydrogen-bond donors (Lipinski definition) is 0. The molecule has 0 aliphatic carbocycles. The van der Waals surface area contributed by atoms with E-state index < -0.39 is 0 Å². The number of benzene rings is 8. The first-order valence-electron chi connectivity index (χ1n) is 25.1. The summed E-state index contributed by atoms with van der Waals surface area (Å²) in [5.74, 6) is 2.04. The maximum absolute atomic E-state index is 6.76. The van der Waals surface area contributed by atoms with Gasteiger partial charge in [-0.25, -0.2) is 4.98 Å². The molecule has 3 heterocycles. The molecule has 0 amide bonds. The second kappa shape index (κ2) is 19.0. The van der Waals surface area contributed by atoms with Crippen molar-refractivity contribution in [2.45, 2.75) is 84.0 Å². The molecular formula is C67H61N4OPt-3. The van der Waals surface area contributed by atoms with Gasteiger partial charge < -0.3 is 19.1 Å². The fourth-order valence-corrected chi connectivity index (χ4v) is 10.4. The third-order valence-electron chi connectivity index (χ3n) is 15.2. The average molecular weight is 1130 g/mol. The van der Waals surface area contributed by atoms with E-state index in [0.717, 1.165) is 50.4 Å². The van der Waals surface area contributed by atoms with E-state index in [2.05, 4.69) is 271 Å². The molecule has 2 aromatic heterocycles. The second-order valence-electron chi connectivity index (χ2n) is 21.9. The molecule has 0 spiro atoms. The van der Waals surface area contributed by atoms with Crippen LogP contribution in [0.1, 0.15) is 101 Å². The van der Waals surface area contributed by atoms with Gasteiger partial charge >= 0.3 is 0 Å². The fourth-order valence-electron chi connectivity index (χ4n) is 10.4. The number of hydrogen-bond acceptors (Lipinski definition) is 4. The van der Waals surface area contributed by atoms with Crippen LogP contribution < -0.4 is 14.5 Å². The van der Waals surface area contributed by atoms with Crippen molar-refractivity contribution in [1.82, 2.24) is 9.55 Å². The number of fused-ring (bicyclic) bond motifs is 4. The Hall–Kier alpha value is -7.20. The van der Waals surface area contributed by atoms with Crippen LogP contribution in [0.15, 0.2) is 200 Å². The summed E-state index contributed by atoms with van der Waals surface area (Å²) >= 11 is 0. The number of anilines is 4. The number of pyridine rings is 1. The van der Waals surface area contributed by atoms with E-state index >= 15 is 0 Å². The summed E-state index contributed by atoms with van der Waals surface area (Å²) in [7, 11) is 0. The number of nitrogens with zero attached hydrogens (tertiary/aromatic N) is 4. The van der Waals surface area contributed by atoms with Gasteiger partial charge in [0.25, 0.3) is 0 Å². The molecule has 5 nitrogen and oxygen atoms in total. The summed E-state index contributed by atoms with van der Waals surface area (Å²) < 4.78 is 8.96. The fraction of sp³-hybridized carbons (Fsp3) is 0.194. The van der Waals surface area contributed by atoms with Crippen molar-refractivity contribution >= 4 is 44.6 Å². The number of rotatable bonds is 11. The van der Waals surface area contributed by atoms with Crippen molar-refractivity contribution in [1.29, 1.82) is 0 Å². The van der Waals surface area contributed by atoms with E-state index in [9.17, 15) is 0 Å². The van der Waals surface area contributed by atoms with Crippen molar-refractivity contribution in [3.05, 3.63) is 258 Å². The van der Waals surface area contributed by atoms with Crippen LogP contribution in [0.3, 0.4) is 0 Å². The van der Waals surface area contributed by atoms with E-state index in [4.69, 9.17) is 9.72 Å². The molecule has 0 saturated carbocycles. The first-order chi connectivity index (χ1) is 34.6. The summed E-state index contributed by atoms with van der Waals surface area (Å²) in [5, 5.41) is 2.23. The van der Waals surface area contributed by atoms with Crippen molar-refractivity contribution < 1.29 is 25.8 Å². The molecule has 0 atom stereocenters. The third-order valence-corrected chi connectivity index (χ3v) is 15.2. The standard InChI is InChI=1S/C67H61N4O.Pt/c1-64(2,3)49-36-37-68-63(42-49)71-59-31-20-19-30-57(59)58-34-33-56(44-61(58)71)72-55-29-21-28-53(43-55)69-45-70(62-41-50(32-35-60(62)69)65(4,5)46-22-13-10-14-23-46)54-39-51(66(6,7)47-24-15-11-16-25-47)38-52(40-54)67(8,9)48-26-17-12-18-27-48;/h10-42,45H,1-9H3;/q-3;. The molecule has 6 heteroatoms. The van der Waals surface area contributed by atoms with Gasteiger partial charge in [-0.2, -0.15) is 12.1 Å². The maximum Gasteiger partial charge on any atom is 0.135 e.